The Balaban J connectivity index is 2.90. The number of aromatic nitrogens is 1. The summed E-state index contributed by atoms with van der Waals surface area (Å²) < 4.78 is 0. The number of hydrogen-bond acceptors (Lipinski definition) is 6. The van der Waals surface area contributed by atoms with E-state index < -0.39 is 4.92 Å². The molecule has 0 radical (unpaired) electrons. The maximum atomic E-state index is 10.7. The molecule has 0 amide bonds. The molecule has 0 atom stereocenters. The fourth-order valence-corrected chi connectivity index (χ4v) is 1.72. The van der Waals surface area contributed by atoms with Crippen molar-refractivity contribution in [2.75, 3.05) is 44.4 Å². The highest BCUT2D eigenvalue weighted by Crippen LogP contribution is 2.22. The van der Waals surface area contributed by atoms with Gasteiger partial charge >= 0.3 is 5.69 Å². The first kappa shape index (κ1) is 15.2. The fraction of sp³-hybridized carbons (Fsp3) is 0.583. The van der Waals surface area contributed by atoms with Crippen LogP contribution in [0.1, 0.15) is 13.3 Å². The van der Waals surface area contributed by atoms with Crippen LogP contribution in [0.2, 0.25) is 0 Å². The van der Waals surface area contributed by atoms with Crippen molar-refractivity contribution in [2.45, 2.75) is 13.3 Å². The molecule has 1 heterocycles. The molecule has 1 rings (SSSR count). The van der Waals surface area contributed by atoms with E-state index in [1.165, 1.54) is 6.07 Å². The minimum atomic E-state index is -0.518. The molecule has 0 aromatic carbocycles. The number of likely N-dealkylation sites (N-methyl/N-ethyl adjacent to an activating group) is 1. The number of anilines is 2. The summed E-state index contributed by atoms with van der Waals surface area (Å²) in [5.74, 6) is 0.653. The minimum Gasteiger partial charge on any atom is -0.378 e. The van der Waals surface area contributed by atoms with E-state index in [1.54, 1.807) is 6.07 Å². The lowest BCUT2D eigenvalue weighted by Crippen LogP contribution is -2.33. The first-order valence-corrected chi connectivity index (χ1v) is 6.26. The zero-order chi connectivity index (χ0) is 14.4. The molecule has 0 aliphatic heterocycles. The minimum absolute atomic E-state index is 0.0338. The van der Waals surface area contributed by atoms with E-state index in [1.807, 2.05) is 14.1 Å². The van der Waals surface area contributed by atoms with Gasteiger partial charge in [-0.3, -0.25) is 10.1 Å². The predicted molar refractivity (Wildman–Crippen MR) is 76.4 cm³/mol. The van der Waals surface area contributed by atoms with Gasteiger partial charge in [0.2, 0.25) is 5.82 Å². The largest absolute Gasteiger partial charge is 0.378 e. The normalized spacial score (nSPS) is 10.7. The second kappa shape index (κ2) is 6.89. The van der Waals surface area contributed by atoms with Gasteiger partial charge in [-0.25, -0.2) is 4.98 Å². The van der Waals surface area contributed by atoms with Crippen molar-refractivity contribution in [2.24, 2.45) is 0 Å². The molecule has 0 aliphatic carbocycles. The smallest absolute Gasteiger partial charge is 0.311 e. The Morgan fingerprint density at radius 3 is 2.47 bits per heavy atom. The summed E-state index contributed by atoms with van der Waals surface area (Å²) in [5, 5.41) is 10.7. The van der Waals surface area contributed by atoms with E-state index in [0.717, 1.165) is 26.1 Å². The monoisotopic (exact) mass is 267 g/mol. The fourth-order valence-electron chi connectivity index (χ4n) is 1.72. The van der Waals surface area contributed by atoms with Gasteiger partial charge < -0.3 is 15.5 Å². The number of nitrogens with zero attached hydrogens (tertiary/aromatic N) is 4. The average Bonchev–Trinajstić information content (AvgIpc) is 2.33. The van der Waals surface area contributed by atoms with E-state index in [2.05, 4.69) is 21.7 Å². The van der Waals surface area contributed by atoms with E-state index >= 15 is 0 Å². The van der Waals surface area contributed by atoms with Crippen LogP contribution in [-0.4, -0.2) is 48.5 Å². The number of rotatable bonds is 7. The molecule has 1 aromatic rings. The van der Waals surface area contributed by atoms with Gasteiger partial charge in [-0.15, -0.1) is 0 Å². The summed E-state index contributed by atoms with van der Waals surface area (Å²) in [4.78, 5) is 18.5. The van der Waals surface area contributed by atoms with Crippen molar-refractivity contribution in [3.8, 4) is 0 Å². The maximum Gasteiger partial charge on any atom is 0.311 e. The lowest BCUT2D eigenvalue weighted by Gasteiger charge is -2.25. The van der Waals surface area contributed by atoms with Gasteiger partial charge in [-0.05, 0) is 26.6 Å². The van der Waals surface area contributed by atoms with Crippen molar-refractivity contribution >= 4 is 17.3 Å². The summed E-state index contributed by atoms with van der Waals surface area (Å²) in [5.41, 5.74) is 5.48. The van der Waals surface area contributed by atoms with Crippen LogP contribution in [0.15, 0.2) is 12.1 Å². The molecular formula is C12H21N5O2. The van der Waals surface area contributed by atoms with Crippen LogP contribution in [0.5, 0.6) is 0 Å². The van der Waals surface area contributed by atoms with E-state index in [0.29, 0.717) is 5.82 Å². The molecule has 1 aromatic heterocycles. The molecule has 19 heavy (non-hydrogen) atoms. The Kier molecular flexibility index (Phi) is 5.50. The van der Waals surface area contributed by atoms with Crippen molar-refractivity contribution in [1.29, 1.82) is 0 Å². The number of nitrogens with two attached hydrogens (primary N) is 1. The topological polar surface area (TPSA) is 88.5 Å². The van der Waals surface area contributed by atoms with Gasteiger partial charge in [-0.2, -0.15) is 0 Å². The van der Waals surface area contributed by atoms with E-state index in [4.69, 9.17) is 5.73 Å². The van der Waals surface area contributed by atoms with Gasteiger partial charge in [0.1, 0.15) is 5.82 Å². The van der Waals surface area contributed by atoms with E-state index in [9.17, 15) is 10.1 Å². The van der Waals surface area contributed by atoms with Crippen LogP contribution in [0.4, 0.5) is 17.3 Å². The average molecular weight is 267 g/mol. The Bertz CT molecular complexity index is 436. The Labute approximate surface area is 113 Å². The molecule has 7 nitrogen and oxygen atoms in total. The molecular weight excluding hydrogens is 246 g/mol. The molecule has 0 fully saturated rings. The van der Waals surface area contributed by atoms with E-state index in [-0.39, 0.29) is 11.5 Å². The van der Waals surface area contributed by atoms with Gasteiger partial charge in [0.15, 0.2) is 0 Å². The van der Waals surface area contributed by atoms with Crippen LogP contribution in [0.3, 0.4) is 0 Å². The van der Waals surface area contributed by atoms with Crippen molar-refractivity contribution in [1.82, 2.24) is 9.88 Å². The Morgan fingerprint density at radius 2 is 2.00 bits per heavy atom. The first-order valence-electron chi connectivity index (χ1n) is 6.26. The Hall–Kier alpha value is -1.89. The second-order valence-electron chi connectivity index (χ2n) is 4.62. The van der Waals surface area contributed by atoms with Crippen LogP contribution in [0, 0.1) is 10.1 Å². The van der Waals surface area contributed by atoms with Crippen molar-refractivity contribution in [3.05, 3.63) is 22.2 Å². The lowest BCUT2D eigenvalue weighted by atomic mass is 10.3. The molecule has 0 spiro atoms. The third-order valence-corrected chi connectivity index (χ3v) is 2.72. The predicted octanol–water partition coefficient (Wildman–Crippen LogP) is 1.35. The SMILES string of the molecule is CCCN(CCN(C)C)c1ccc([N+](=O)[O-])c(N)n1. The van der Waals surface area contributed by atoms with Gasteiger partial charge in [-0.1, -0.05) is 6.92 Å². The molecule has 0 saturated carbocycles. The van der Waals surface area contributed by atoms with Crippen LogP contribution < -0.4 is 10.6 Å². The van der Waals surface area contributed by atoms with Crippen molar-refractivity contribution in [3.63, 3.8) is 0 Å². The Morgan fingerprint density at radius 1 is 1.32 bits per heavy atom. The molecule has 0 unspecified atom stereocenters. The quantitative estimate of drug-likeness (QED) is 0.592. The third kappa shape index (κ3) is 4.36. The third-order valence-electron chi connectivity index (χ3n) is 2.72. The molecule has 106 valence electrons. The highest BCUT2D eigenvalue weighted by atomic mass is 16.6. The summed E-state index contributed by atoms with van der Waals surface area (Å²) >= 11 is 0. The molecule has 0 aliphatic rings. The number of nitro groups is 1. The molecule has 7 heteroatoms. The van der Waals surface area contributed by atoms with Gasteiger partial charge in [0.25, 0.3) is 0 Å². The summed E-state index contributed by atoms with van der Waals surface area (Å²) in [6, 6.07) is 3.07. The number of hydrogen-bond donors (Lipinski definition) is 1. The molecule has 2 N–H and O–H groups in total. The van der Waals surface area contributed by atoms with Gasteiger partial charge in [0.05, 0.1) is 4.92 Å². The molecule has 0 saturated heterocycles. The van der Waals surface area contributed by atoms with Gasteiger partial charge in [0, 0.05) is 25.7 Å². The standard InChI is InChI=1S/C12H21N5O2/c1-4-7-16(9-8-15(2)3)11-6-5-10(17(18)19)12(13)14-11/h5-6H,4,7-9H2,1-3H3,(H2,13,14). The van der Waals surface area contributed by atoms with Crippen LogP contribution >= 0.6 is 0 Å². The molecule has 0 bridgehead atoms. The highest BCUT2D eigenvalue weighted by molar-refractivity contribution is 5.57. The lowest BCUT2D eigenvalue weighted by molar-refractivity contribution is -0.384. The van der Waals surface area contributed by atoms with Crippen LogP contribution in [0.25, 0.3) is 0 Å². The van der Waals surface area contributed by atoms with Crippen LogP contribution in [-0.2, 0) is 0 Å². The zero-order valence-corrected chi connectivity index (χ0v) is 11.7. The first-order chi connectivity index (χ1) is 8.95. The zero-order valence-electron chi connectivity index (χ0n) is 11.7. The number of nitrogen functional groups attached to an aromatic ring is 1. The van der Waals surface area contributed by atoms with Crippen molar-refractivity contribution < 1.29 is 4.92 Å². The summed E-state index contributed by atoms with van der Waals surface area (Å²) in [7, 11) is 4.00. The summed E-state index contributed by atoms with van der Waals surface area (Å²) in [6.07, 6.45) is 0.978. The number of pyridine rings is 1. The summed E-state index contributed by atoms with van der Waals surface area (Å²) in [6.45, 7) is 4.62. The highest BCUT2D eigenvalue weighted by Gasteiger charge is 2.15. The second-order valence-corrected chi connectivity index (χ2v) is 4.62. The maximum absolute atomic E-state index is 10.7.